The Morgan fingerprint density at radius 3 is 2.65 bits per heavy atom. The maximum Gasteiger partial charge on any atom is 0.249 e. The lowest BCUT2D eigenvalue weighted by molar-refractivity contribution is -0.122. The molecule has 0 atom stereocenters. The van der Waals surface area contributed by atoms with E-state index in [0.717, 1.165) is 33.0 Å². The summed E-state index contributed by atoms with van der Waals surface area (Å²) >= 11 is 0. The zero-order valence-corrected chi connectivity index (χ0v) is 17.4. The van der Waals surface area contributed by atoms with Crippen LogP contribution in [-0.4, -0.2) is 21.8 Å². The van der Waals surface area contributed by atoms with Gasteiger partial charge in [-0.2, -0.15) is 0 Å². The predicted octanol–water partition coefficient (Wildman–Crippen LogP) is 3.73. The van der Waals surface area contributed by atoms with E-state index in [1.54, 1.807) is 18.5 Å². The van der Waals surface area contributed by atoms with Crippen LogP contribution in [0.1, 0.15) is 31.2 Å². The molecule has 7 nitrogen and oxygen atoms in total. The molecule has 158 valence electrons. The molecule has 31 heavy (non-hydrogen) atoms. The number of benzene rings is 1. The van der Waals surface area contributed by atoms with E-state index in [1.807, 2.05) is 37.4 Å². The van der Waals surface area contributed by atoms with E-state index in [2.05, 4.69) is 15.3 Å². The molecule has 1 saturated carbocycles. The number of amides is 2. The number of carbonyl (C=O) groups excluding carboxylic acids is 2. The number of aryl methyl sites for hydroxylation is 1. The second kappa shape index (κ2) is 8.55. The smallest absolute Gasteiger partial charge is 0.249 e. The summed E-state index contributed by atoms with van der Waals surface area (Å²) in [4.78, 5) is 32.3. The van der Waals surface area contributed by atoms with Crippen molar-refractivity contribution in [2.75, 3.05) is 11.1 Å². The van der Waals surface area contributed by atoms with E-state index < -0.39 is 0 Å². The van der Waals surface area contributed by atoms with Crippen molar-refractivity contribution in [3.05, 3.63) is 60.1 Å². The highest BCUT2D eigenvalue weighted by Crippen LogP contribution is 2.31. The monoisotopic (exact) mass is 415 g/mol. The number of allylic oxidation sites excluding steroid dienone is 1. The summed E-state index contributed by atoms with van der Waals surface area (Å²) in [6.07, 6.45) is 9.65. The van der Waals surface area contributed by atoms with Crippen molar-refractivity contribution in [2.24, 2.45) is 11.7 Å². The Kier molecular flexibility index (Phi) is 5.66. The molecule has 1 aliphatic carbocycles. The van der Waals surface area contributed by atoms with Crippen molar-refractivity contribution in [2.45, 2.75) is 32.6 Å². The van der Waals surface area contributed by atoms with Crippen molar-refractivity contribution >= 4 is 34.1 Å². The van der Waals surface area contributed by atoms with Gasteiger partial charge < -0.3 is 16.8 Å². The number of hydrogen-bond acceptors (Lipinski definition) is 5. The number of rotatable bonds is 4. The zero-order valence-electron chi connectivity index (χ0n) is 17.4. The van der Waals surface area contributed by atoms with E-state index in [9.17, 15) is 9.59 Å². The molecule has 3 aromatic rings. The third kappa shape index (κ3) is 4.55. The number of nitrogens with one attached hydrogen (secondary N) is 1. The molecule has 1 aliphatic rings. The van der Waals surface area contributed by atoms with E-state index >= 15 is 0 Å². The van der Waals surface area contributed by atoms with Gasteiger partial charge in [0.25, 0.3) is 0 Å². The lowest BCUT2D eigenvalue weighted by Gasteiger charge is -2.20. The number of nitrogens with zero attached hydrogens (tertiary/aromatic N) is 2. The van der Waals surface area contributed by atoms with Gasteiger partial charge in [-0.05, 0) is 73.4 Å². The fourth-order valence-corrected chi connectivity index (χ4v) is 4.04. The van der Waals surface area contributed by atoms with Crippen LogP contribution >= 0.6 is 0 Å². The average molecular weight is 415 g/mol. The average Bonchev–Trinajstić information content (AvgIpc) is 2.74. The van der Waals surface area contributed by atoms with Crippen LogP contribution in [0.4, 0.5) is 11.5 Å². The van der Waals surface area contributed by atoms with Crippen LogP contribution in [0, 0.1) is 12.8 Å². The fourth-order valence-electron chi connectivity index (χ4n) is 4.04. The highest BCUT2D eigenvalue weighted by Gasteiger charge is 2.21. The SMILES string of the molecule is Cc1ccncc1-c1cc(N)c2cnc(NC(=O)C=C3CCC(C(N)=O)CC3)cc2c1. The minimum atomic E-state index is -0.260. The minimum Gasteiger partial charge on any atom is -0.398 e. The Labute approximate surface area is 180 Å². The van der Waals surface area contributed by atoms with E-state index in [1.165, 1.54) is 0 Å². The topological polar surface area (TPSA) is 124 Å². The van der Waals surface area contributed by atoms with Gasteiger partial charge in [0.15, 0.2) is 0 Å². The Hall–Kier alpha value is -3.74. The summed E-state index contributed by atoms with van der Waals surface area (Å²) in [6, 6.07) is 7.72. The van der Waals surface area contributed by atoms with Crippen LogP contribution in [0.5, 0.6) is 0 Å². The number of nitrogens with two attached hydrogens (primary N) is 2. The standard InChI is InChI=1S/C24H25N5O2/c1-14-6-7-27-12-19(14)17-9-18-11-22(28-13-20(18)21(25)10-17)29-23(30)8-15-2-4-16(5-3-15)24(26)31/h6-13,16H,2-5,25H2,1H3,(H2,26,31)(H,28,29,30). The minimum absolute atomic E-state index is 0.0922. The van der Waals surface area contributed by atoms with Crippen LogP contribution in [0.25, 0.3) is 21.9 Å². The molecule has 7 heteroatoms. The van der Waals surface area contributed by atoms with Crippen molar-refractivity contribution in [1.29, 1.82) is 0 Å². The van der Waals surface area contributed by atoms with Gasteiger partial charge >= 0.3 is 0 Å². The highest BCUT2D eigenvalue weighted by atomic mass is 16.2. The van der Waals surface area contributed by atoms with Gasteiger partial charge in [0.1, 0.15) is 5.82 Å². The number of anilines is 2. The van der Waals surface area contributed by atoms with Gasteiger partial charge in [-0.25, -0.2) is 4.98 Å². The molecule has 0 saturated heterocycles. The molecule has 0 spiro atoms. The first-order valence-electron chi connectivity index (χ1n) is 10.3. The second-order valence-corrected chi connectivity index (χ2v) is 8.02. The Bertz CT molecular complexity index is 1190. The van der Waals surface area contributed by atoms with Crippen molar-refractivity contribution in [1.82, 2.24) is 9.97 Å². The predicted molar refractivity (Wildman–Crippen MR) is 122 cm³/mol. The normalized spacial score (nSPS) is 16.2. The number of nitrogen functional groups attached to an aromatic ring is 1. The second-order valence-electron chi connectivity index (χ2n) is 8.02. The number of aromatic nitrogens is 2. The van der Waals surface area contributed by atoms with Crippen LogP contribution in [0.15, 0.2) is 54.5 Å². The third-order valence-corrected chi connectivity index (χ3v) is 5.84. The lowest BCUT2D eigenvalue weighted by atomic mass is 9.85. The number of pyridine rings is 2. The summed E-state index contributed by atoms with van der Waals surface area (Å²) in [7, 11) is 0. The van der Waals surface area contributed by atoms with E-state index in [-0.39, 0.29) is 17.7 Å². The lowest BCUT2D eigenvalue weighted by Crippen LogP contribution is -2.25. The van der Waals surface area contributed by atoms with Gasteiger partial charge in [0.2, 0.25) is 11.8 Å². The van der Waals surface area contributed by atoms with Crippen molar-refractivity contribution in [3.63, 3.8) is 0 Å². The molecule has 0 radical (unpaired) electrons. The van der Waals surface area contributed by atoms with Crippen molar-refractivity contribution in [3.8, 4) is 11.1 Å². The molecule has 4 rings (SSSR count). The summed E-state index contributed by atoms with van der Waals surface area (Å²) in [5.41, 5.74) is 16.4. The maximum absolute atomic E-state index is 12.5. The highest BCUT2D eigenvalue weighted by molar-refractivity contribution is 6.02. The largest absolute Gasteiger partial charge is 0.398 e. The van der Waals surface area contributed by atoms with Crippen LogP contribution < -0.4 is 16.8 Å². The van der Waals surface area contributed by atoms with Gasteiger partial charge in [-0.1, -0.05) is 5.57 Å². The van der Waals surface area contributed by atoms with E-state index in [4.69, 9.17) is 11.5 Å². The fraction of sp³-hybridized carbons (Fsp3) is 0.250. The molecular weight excluding hydrogens is 390 g/mol. The third-order valence-electron chi connectivity index (χ3n) is 5.84. The maximum atomic E-state index is 12.5. The van der Waals surface area contributed by atoms with Gasteiger partial charge in [-0.3, -0.25) is 14.6 Å². The molecule has 2 aromatic heterocycles. The number of fused-ring (bicyclic) bond motifs is 1. The van der Waals surface area contributed by atoms with E-state index in [0.29, 0.717) is 37.2 Å². The zero-order chi connectivity index (χ0) is 22.0. The quantitative estimate of drug-likeness (QED) is 0.442. The summed E-state index contributed by atoms with van der Waals surface area (Å²) in [5, 5.41) is 4.55. The van der Waals surface area contributed by atoms with Crippen LogP contribution in [0.3, 0.4) is 0 Å². The number of primary amides is 1. The van der Waals surface area contributed by atoms with Gasteiger partial charge in [0, 0.05) is 47.2 Å². The van der Waals surface area contributed by atoms with Crippen molar-refractivity contribution < 1.29 is 9.59 Å². The summed E-state index contributed by atoms with van der Waals surface area (Å²) in [5.74, 6) is -0.124. The van der Waals surface area contributed by atoms with Gasteiger partial charge in [-0.15, -0.1) is 0 Å². The molecular formula is C24H25N5O2. The van der Waals surface area contributed by atoms with Crippen LogP contribution in [-0.2, 0) is 9.59 Å². The molecule has 5 N–H and O–H groups in total. The Balaban J connectivity index is 1.55. The first kappa shape index (κ1) is 20.5. The molecule has 2 amide bonds. The van der Waals surface area contributed by atoms with Gasteiger partial charge in [0.05, 0.1) is 0 Å². The molecule has 0 bridgehead atoms. The molecule has 0 unspecified atom stereocenters. The molecule has 2 heterocycles. The first-order chi connectivity index (χ1) is 14.9. The molecule has 1 fully saturated rings. The Morgan fingerprint density at radius 1 is 1.16 bits per heavy atom. The number of carbonyl (C=O) groups is 2. The Morgan fingerprint density at radius 2 is 1.94 bits per heavy atom. The first-order valence-corrected chi connectivity index (χ1v) is 10.3. The number of hydrogen-bond donors (Lipinski definition) is 3. The van der Waals surface area contributed by atoms with Crippen LogP contribution in [0.2, 0.25) is 0 Å². The summed E-state index contributed by atoms with van der Waals surface area (Å²) < 4.78 is 0. The summed E-state index contributed by atoms with van der Waals surface area (Å²) in [6.45, 7) is 2.03. The molecule has 1 aromatic carbocycles. The molecule has 0 aliphatic heterocycles.